The third kappa shape index (κ3) is 3.57. The molecule has 1 atom stereocenters. The molecule has 1 rings (SSSR count). The van der Waals surface area contributed by atoms with Gasteiger partial charge in [0.15, 0.2) is 0 Å². The summed E-state index contributed by atoms with van der Waals surface area (Å²) in [5.41, 5.74) is 5.92. The van der Waals surface area contributed by atoms with Gasteiger partial charge in [-0.2, -0.15) is 0 Å². The highest BCUT2D eigenvalue weighted by atomic mass is 19.1. The second kappa shape index (κ2) is 5.19. The average molecular weight is 215 g/mol. The summed E-state index contributed by atoms with van der Waals surface area (Å²) in [6.07, 6.45) is -0.500. The molecule has 15 heavy (non-hydrogen) atoms. The summed E-state index contributed by atoms with van der Waals surface area (Å²) in [4.78, 5) is 0. The molecule has 0 saturated carbocycles. The molecule has 0 fully saturated rings. The van der Waals surface area contributed by atoms with Crippen LogP contribution in [-0.4, -0.2) is 12.6 Å². The second-order valence-electron chi connectivity index (χ2n) is 3.61. The van der Waals surface area contributed by atoms with Gasteiger partial charge < -0.3 is 10.5 Å². The van der Waals surface area contributed by atoms with Gasteiger partial charge in [-0.15, -0.1) is 0 Å². The van der Waals surface area contributed by atoms with Crippen molar-refractivity contribution >= 4 is 0 Å². The van der Waals surface area contributed by atoms with Crippen molar-refractivity contribution in [2.75, 3.05) is 6.54 Å². The van der Waals surface area contributed by atoms with Crippen molar-refractivity contribution in [2.45, 2.75) is 26.1 Å². The zero-order valence-electron chi connectivity index (χ0n) is 8.84. The Hall–Kier alpha value is -1.00. The zero-order valence-corrected chi connectivity index (χ0v) is 8.84. The molecule has 0 aromatic heterocycles. The van der Waals surface area contributed by atoms with E-state index < -0.39 is 17.7 Å². The quantitative estimate of drug-likeness (QED) is 0.837. The Labute approximate surface area is 88.0 Å². The van der Waals surface area contributed by atoms with Crippen LogP contribution < -0.4 is 5.73 Å². The molecule has 0 heterocycles. The monoisotopic (exact) mass is 215 g/mol. The van der Waals surface area contributed by atoms with Gasteiger partial charge in [-0.3, -0.25) is 0 Å². The van der Waals surface area contributed by atoms with Gasteiger partial charge in [0.25, 0.3) is 0 Å². The molecule has 1 aromatic carbocycles. The summed E-state index contributed by atoms with van der Waals surface area (Å²) >= 11 is 0. The van der Waals surface area contributed by atoms with E-state index in [-0.39, 0.29) is 12.6 Å². The number of hydrogen-bond donors (Lipinski definition) is 1. The predicted molar refractivity (Wildman–Crippen MR) is 54.4 cm³/mol. The predicted octanol–water partition coefficient (Wildman–Crippen LogP) is 2.39. The summed E-state index contributed by atoms with van der Waals surface area (Å²) < 4.78 is 31.3. The maximum atomic E-state index is 12.9. The Bertz CT molecular complexity index is 308. The van der Waals surface area contributed by atoms with Crippen LogP contribution in [-0.2, 0) is 4.74 Å². The Balaban J connectivity index is 2.91. The van der Waals surface area contributed by atoms with Gasteiger partial charge >= 0.3 is 0 Å². The van der Waals surface area contributed by atoms with E-state index in [9.17, 15) is 8.78 Å². The van der Waals surface area contributed by atoms with Crippen molar-refractivity contribution < 1.29 is 13.5 Å². The Morgan fingerprint density at radius 1 is 1.20 bits per heavy atom. The molecule has 2 nitrogen and oxygen atoms in total. The molecule has 2 N–H and O–H groups in total. The molecule has 0 radical (unpaired) electrons. The van der Waals surface area contributed by atoms with Crippen LogP contribution in [0.1, 0.15) is 25.5 Å². The average Bonchev–Trinajstić information content (AvgIpc) is 2.12. The van der Waals surface area contributed by atoms with Crippen molar-refractivity contribution in [3.05, 3.63) is 35.4 Å². The van der Waals surface area contributed by atoms with E-state index in [1.54, 1.807) is 0 Å². The van der Waals surface area contributed by atoms with Gasteiger partial charge in [0, 0.05) is 12.6 Å². The van der Waals surface area contributed by atoms with Gasteiger partial charge in [0.2, 0.25) is 0 Å². The highest BCUT2D eigenvalue weighted by Crippen LogP contribution is 2.20. The van der Waals surface area contributed by atoms with E-state index in [4.69, 9.17) is 10.5 Å². The van der Waals surface area contributed by atoms with Crippen molar-refractivity contribution in [3.8, 4) is 0 Å². The number of benzene rings is 1. The number of rotatable bonds is 4. The van der Waals surface area contributed by atoms with Crippen molar-refractivity contribution in [1.29, 1.82) is 0 Å². The van der Waals surface area contributed by atoms with E-state index in [1.807, 2.05) is 13.8 Å². The fourth-order valence-corrected chi connectivity index (χ4v) is 1.36. The van der Waals surface area contributed by atoms with Crippen molar-refractivity contribution in [3.63, 3.8) is 0 Å². The lowest BCUT2D eigenvalue weighted by Crippen LogP contribution is -2.19. The number of hydrogen-bond acceptors (Lipinski definition) is 2. The summed E-state index contributed by atoms with van der Waals surface area (Å²) in [6, 6.07) is 3.30. The van der Waals surface area contributed by atoms with Crippen molar-refractivity contribution in [1.82, 2.24) is 0 Å². The molecule has 0 spiro atoms. The van der Waals surface area contributed by atoms with Crippen LogP contribution in [0.5, 0.6) is 0 Å². The van der Waals surface area contributed by atoms with Gasteiger partial charge in [-0.1, -0.05) is 0 Å². The van der Waals surface area contributed by atoms with E-state index in [0.717, 1.165) is 6.07 Å². The SMILES string of the molecule is CC(C)OC(CN)c1cc(F)cc(F)c1. The first kappa shape index (κ1) is 12.1. The minimum absolute atomic E-state index is 0.0371. The lowest BCUT2D eigenvalue weighted by atomic mass is 10.1. The van der Waals surface area contributed by atoms with Gasteiger partial charge in [0.05, 0.1) is 12.2 Å². The fraction of sp³-hybridized carbons (Fsp3) is 0.455. The normalized spacial score (nSPS) is 13.2. The van der Waals surface area contributed by atoms with E-state index in [2.05, 4.69) is 0 Å². The highest BCUT2D eigenvalue weighted by molar-refractivity contribution is 5.20. The maximum Gasteiger partial charge on any atom is 0.126 e. The lowest BCUT2D eigenvalue weighted by Gasteiger charge is -2.19. The van der Waals surface area contributed by atoms with Crippen LogP contribution in [0, 0.1) is 11.6 Å². The Morgan fingerprint density at radius 2 is 1.73 bits per heavy atom. The van der Waals surface area contributed by atoms with Crippen LogP contribution in [0.2, 0.25) is 0 Å². The molecule has 0 saturated heterocycles. The highest BCUT2D eigenvalue weighted by Gasteiger charge is 2.13. The summed E-state index contributed by atoms with van der Waals surface area (Å²) in [6.45, 7) is 3.89. The minimum atomic E-state index is -0.615. The van der Waals surface area contributed by atoms with E-state index >= 15 is 0 Å². The second-order valence-corrected chi connectivity index (χ2v) is 3.61. The Morgan fingerprint density at radius 3 is 2.13 bits per heavy atom. The summed E-state index contributed by atoms with van der Waals surface area (Å²) in [5, 5.41) is 0. The lowest BCUT2D eigenvalue weighted by molar-refractivity contribution is 0.0116. The standard InChI is InChI=1S/C11H15F2NO/c1-7(2)15-11(6-14)8-3-9(12)5-10(13)4-8/h3-5,7,11H,6,14H2,1-2H3. The number of halogens is 2. The summed E-state index contributed by atoms with van der Waals surface area (Å²) in [7, 11) is 0. The molecular formula is C11H15F2NO. The fourth-order valence-electron chi connectivity index (χ4n) is 1.36. The molecule has 1 aromatic rings. The van der Waals surface area contributed by atoms with Crippen LogP contribution in [0.3, 0.4) is 0 Å². The zero-order chi connectivity index (χ0) is 11.4. The summed E-state index contributed by atoms with van der Waals surface area (Å²) in [5.74, 6) is -1.23. The molecule has 0 amide bonds. The van der Waals surface area contributed by atoms with Gasteiger partial charge in [0.1, 0.15) is 11.6 Å². The van der Waals surface area contributed by atoms with Crippen LogP contribution in [0.25, 0.3) is 0 Å². The number of ether oxygens (including phenoxy) is 1. The molecule has 1 unspecified atom stereocenters. The van der Waals surface area contributed by atoms with E-state index in [0.29, 0.717) is 5.56 Å². The van der Waals surface area contributed by atoms with Gasteiger partial charge in [-0.25, -0.2) is 8.78 Å². The molecule has 0 aliphatic rings. The first-order chi connectivity index (χ1) is 7.02. The first-order valence-corrected chi connectivity index (χ1v) is 4.84. The molecular weight excluding hydrogens is 200 g/mol. The third-order valence-corrected chi connectivity index (χ3v) is 1.91. The van der Waals surface area contributed by atoms with Crippen molar-refractivity contribution in [2.24, 2.45) is 5.73 Å². The van der Waals surface area contributed by atoms with Crippen LogP contribution in [0.4, 0.5) is 8.78 Å². The minimum Gasteiger partial charge on any atom is -0.370 e. The van der Waals surface area contributed by atoms with Crippen LogP contribution in [0.15, 0.2) is 18.2 Å². The molecule has 4 heteroatoms. The topological polar surface area (TPSA) is 35.2 Å². The third-order valence-electron chi connectivity index (χ3n) is 1.91. The van der Waals surface area contributed by atoms with Gasteiger partial charge in [-0.05, 0) is 31.5 Å². The molecule has 0 bridgehead atoms. The molecule has 0 aliphatic heterocycles. The number of nitrogens with two attached hydrogens (primary N) is 1. The smallest absolute Gasteiger partial charge is 0.126 e. The maximum absolute atomic E-state index is 12.9. The van der Waals surface area contributed by atoms with Crippen LogP contribution >= 0.6 is 0 Å². The molecule has 0 aliphatic carbocycles. The largest absolute Gasteiger partial charge is 0.370 e. The first-order valence-electron chi connectivity index (χ1n) is 4.84. The van der Waals surface area contributed by atoms with E-state index in [1.165, 1.54) is 12.1 Å². The molecule has 84 valence electrons. The Kier molecular flexibility index (Phi) is 4.17.